The van der Waals surface area contributed by atoms with E-state index in [1.54, 1.807) is 0 Å². The quantitative estimate of drug-likeness (QED) is 0.790. The standard InChI is InChI=1S/C14H19N5.ClH/c15-9-5-7-10(8-6-9)17-14-13(16)18-11-3-1-2-4-12(11)19-14;/h1-4,9-10H,5-8,15H2,(H2,16,18)(H,17,19);1H. The van der Waals surface area contributed by atoms with Gasteiger partial charge in [0.1, 0.15) is 0 Å². The summed E-state index contributed by atoms with van der Waals surface area (Å²) in [5.74, 6) is 1.16. The van der Waals surface area contributed by atoms with Gasteiger partial charge in [-0.15, -0.1) is 12.4 Å². The molecule has 1 aliphatic rings. The Hall–Kier alpha value is -1.59. The molecule has 1 fully saturated rings. The Balaban J connectivity index is 0.00000147. The first-order valence-corrected chi connectivity index (χ1v) is 6.77. The zero-order chi connectivity index (χ0) is 13.2. The molecule has 20 heavy (non-hydrogen) atoms. The third-order valence-electron chi connectivity index (χ3n) is 3.71. The van der Waals surface area contributed by atoms with E-state index in [1.807, 2.05) is 24.3 Å². The van der Waals surface area contributed by atoms with Crippen LogP contribution < -0.4 is 16.8 Å². The highest BCUT2D eigenvalue weighted by molar-refractivity contribution is 5.85. The van der Waals surface area contributed by atoms with Gasteiger partial charge in [-0.3, -0.25) is 0 Å². The summed E-state index contributed by atoms with van der Waals surface area (Å²) in [6.45, 7) is 0. The van der Waals surface area contributed by atoms with Crippen LogP contribution in [0.4, 0.5) is 11.6 Å². The highest BCUT2D eigenvalue weighted by atomic mass is 35.5. The molecule has 0 aliphatic heterocycles. The topological polar surface area (TPSA) is 89.8 Å². The largest absolute Gasteiger partial charge is 0.381 e. The Morgan fingerprint density at radius 1 is 1.00 bits per heavy atom. The lowest BCUT2D eigenvalue weighted by Gasteiger charge is -2.27. The van der Waals surface area contributed by atoms with Crippen LogP contribution >= 0.6 is 12.4 Å². The van der Waals surface area contributed by atoms with Crippen molar-refractivity contribution in [2.45, 2.75) is 37.8 Å². The summed E-state index contributed by atoms with van der Waals surface area (Å²) in [4.78, 5) is 8.94. The summed E-state index contributed by atoms with van der Waals surface area (Å²) < 4.78 is 0. The lowest BCUT2D eigenvalue weighted by molar-refractivity contribution is 0.410. The zero-order valence-corrected chi connectivity index (χ0v) is 12.1. The van der Waals surface area contributed by atoms with Gasteiger partial charge in [0.15, 0.2) is 11.6 Å². The van der Waals surface area contributed by atoms with Gasteiger partial charge in [0, 0.05) is 12.1 Å². The summed E-state index contributed by atoms with van der Waals surface area (Å²) in [5.41, 5.74) is 13.6. The second-order valence-electron chi connectivity index (χ2n) is 5.20. The Labute approximate surface area is 124 Å². The molecule has 0 bridgehead atoms. The summed E-state index contributed by atoms with van der Waals surface area (Å²) in [6.07, 6.45) is 4.24. The van der Waals surface area contributed by atoms with Gasteiger partial charge in [-0.2, -0.15) is 0 Å². The zero-order valence-electron chi connectivity index (χ0n) is 11.2. The Morgan fingerprint density at radius 3 is 2.25 bits per heavy atom. The lowest BCUT2D eigenvalue weighted by Crippen LogP contribution is -2.33. The number of nitrogen functional groups attached to an aromatic ring is 1. The molecule has 0 radical (unpaired) electrons. The summed E-state index contributed by atoms with van der Waals surface area (Å²) in [7, 11) is 0. The molecule has 0 saturated heterocycles. The molecular formula is C14H20ClN5. The van der Waals surface area contributed by atoms with Gasteiger partial charge in [-0.05, 0) is 37.8 Å². The number of anilines is 2. The van der Waals surface area contributed by atoms with E-state index in [1.165, 1.54) is 0 Å². The Bertz CT molecular complexity index is 581. The number of para-hydroxylation sites is 2. The van der Waals surface area contributed by atoms with Crippen molar-refractivity contribution in [3.63, 3.8) is 0 Å². The molecule has 108 valence electrons. The number of nitrogens with one attached hydrogen (secondary N) is 1. The minimum atomic E-state index is 0. The minimum Gasteiger partial charge on any atom is -0.381 e. The Kier molecular flexibility index (Phi) is 4.62. The van der Waals surface area contributed by atoms with Crippen molar-refractivity contribution >= 4 is 35.1 Å². The molecule has 0 amide bonds. The molecule has 3 rings (SSSR count). The third-order valence-corrected chi connectivity index (χ3v) is 3.71. The molecule has 6 heteroatoms. The van der Waals surface area contributed by atoms with E-state index in [0.29, 0.717) is 23.7 Å². The summed E-state index contributed by atoms with van der Waals surface area (Å²) in [6, 6.07) is 8.50. The maximum Gasteiger partial charge on any atom is 0.169 e. The molecule has 5 N–H and O–H groups in total. The molecule has 1 aromatic heterocycles. The fourth-order valence-corrected chi connectivity index (χ4v) is 2.58. The maximum absolute atomic E-state index is 5.97. The molecule has 1 aliphatic carbocycles. The molecule has 0 spiro atoms. The number of halogens is 1. The molecule has 0 atom stereocenters. The van der Waals surface area contributed by atoms with Crippen LogP contribution in [-0.2, 0) is 0 Å². The number of rotatable bonds is 2. The van der Waals surface area contributed by atoms with Gasteiger partial charge in [0.05, 0.1) is 11.0 Å². The predicted octanol–water partition coefficient (Wildman–Crippen LogP) is 2.32. The fraction of sp³-hybridized carbons (Fsp3) is 0.429. The Morgan fingerprint density at radius 2 is 1.60 bits per heavy atom. The van der Waals surface area contributed by atoms with E-state index in [0.717, 1.165) is 36.7 Å². The molecular weight excluding hydrogens is 274 g/mol. The highest BCUT2D eigenvalue weighted by Gasteiger charge is 2.19. The predicted molar refractivity (Wildman–Crippen MR) is 85.1 cm³/mol. The van der Waals surface area contributed by atoms with E-state index in [-0.39, 0.29) is 12.4 Å². The molecule has 2 aromatic rings. The van der Waals surface area contributed by atoms with Crippen molar-refractivity contribution < 1.29 is 0 Å². The highest BCUT2D eigenvalue weighted by Crippen LogP contribution is 2.24. The van der Waals surface area contributed by atoms with Crippen LogP contribution in [0.1, 0.15) is 25.7 Å². The van der Waals surface area contributed by atoms with Gasteiger partial charge in [0.25, 0.3) is 0 Å². The fourth-order valence-electron chi connectivity index (χ4n) is 2.58. The van der Waals surface area contributed by atoms with Gasteiger partial charge >= 0.3 is 0 Å². The van der Waals surface area contributed by atoms with E-state index in [4.69, 9.17) is 11.5 Å². The van der Waals surface area contributed by atoms with Gasteiger partial charge in [-0.1, -0.05) is 12.1 Å². The SMILES string of the molecule is Cl.Nc1nc2ccccc2nc1NC1CCC(N)CC1. The number of hydrogen-bond acceptors (Lipinski definition) is 5. The van der Waals surface area contributed by atoms with Crippen molar-refractivity contribution in [2.75, 3.05) is 11.1 Å². The average molecular weight is 294 g/mol. The van der Waals surface area contributed by atoms with Crippen molar-refractivity contribution in [2.24, 2.45) is 5.73 Å². The first kappa shape index (κ1) is 14.8. The molecule has 1 saturated carbocycles. The molecule has 5 nitrogen and oxygen atoms in total. The number of hydrogen-bond donors (Lipinski definition) is 3. The second-order valence-corrected chi connectivity index (χ2v) is 5.20. The average Bonchev–Trinajstić information content (AvgIpc) is 2.42. The third kappa shape index (κ3) is 3.11. The number of nitrogens with zero attached hydrogens (tertiary/aromatic N) is 2. The van der Waals surface area contributed by atoms with Crippen LogP contribution in [0.25, 0.3) is 11.0 Å². The van der Waals surface area contributed by atoms with E-state index >= 15 is 0 Å². The lowest BCUT2D eigenvalue weighted by atomic mass is 9.92. The van der Waals surface area contributed by atoms with Gasteiger partial charge in [0.2, 0.25) is 0 Å². The summed E-state index contributed by atoms with van der Waals surface area (Å²) in [5, 5.41) is 3.41. The molecule has 1 aromatic carbocycles. The van der Waals surface area contributed by atoms with Crippen LogP contribution in [0, 0.1) is 0 Å². The first-order valence-electron chi connectivity index (χ1n) is 6.77. The molecule has 1 heterocycles. The minimum absolute atomic E-state index is 0. The van der Waals surface area contributed by atoms with Crippen LogP contribution in [0.3, 0.4) is 0 Å². The molecule has 0 unspecified atom stereocenters. The van der Waals surface area contributed by atoms with Crippen LogP contribution in [0.5, 0.6) is 0 Å². The summed E-state index contributed by atoms with van der Waals surface area (Å²) >= 11 is 0. The van der Waals surface area contributed by atoms with Crippen molar-refractivity contribution in [3.8, 4) is 0 Å². The first-order chi connectivity index (χ1) is 9.22. The van der Waals surface area contributed by atoms with Crippen LogP contribution in [0.15, 0.2) is 24.3 Å². The number of benzene rings is 1. The van der Waals surface area contributed by atoms with Gasteiger partial charge < -0.3 is 16.8 Å². The second kappa shape index (κ2) is 6.24. The number of nitrogens with two attached hydrogens (primary N) is 2. The smallest absolute Gasteiger partial charge is 0.169 e. The normalized spacial score (nSPS) is 22.2. The van der Waals surface area contributed by atoms with Crippen molar-refractivity contribution in [1.29, 1.82) is 0 Å². The number of aromatic nitrogens is 2. The van der Waals surface area contributed by atoms with Gasteiger partial charge in [-0.25, -0.2) is 9.97 Å². The number of fused-ring (bicyclic) bond motifs is 1. The van der Waals surface area contributed by atoms with E-state index in [9.17, 15) is 0 Å². The van der Waals surface area contributed by atoms with Crippen molar-refractivity contribution in [1.82, 2.24) is 9.97 Å². The van der Waals surface area contributed by atoms with Crippen LogP contribution in [0.2, 0.25) is 0 Å². The van der Waals surface area contributed by atoms with E-state index < -0.39 is 0 Å². The van der Waals surface area contributed by atoms with E-state index in [2.05, 4.69) is 15.3 Å². The maximum atomic E-state index is 5.97. The monoisotopic (exact) mass is 293 g/mol. The van der Waals surface area contributed by atoms with Crippen molar-refractivity contribution in [3.05, 3.63) is 24.3 Å². The van der Waals surface area contributed by atoms with Crippen LogP contribution in [-0.4, -0.2) is 22.1 Å².